The predicted octanol–water partition coefficient (Wildman–Crippen LogP) is 1.04. The Bertz CT molecular complexity index is 231. The second kappa shape index (κ2) is 6.58. The third-order valence-electron chi connectivity index (χ3n) is 2.20. The van der Waals surface area contributed by atoms with Crippen LogP contribution in [0.2, 0.25) is 0 Å². The highest BCUT2D eigenvalue weighted by atomic mass is 16.6. The van der Waals surface area contributed by atoms with E-state index in [-0.39, 0.29) is 12.6 Å². The number of hydrogen-bond acceptors (Lipinski definition) is 4. The molecule has 0 bridgehead atoms. The molecule has 1 N–H and O–H groups in total. The summed E-state index contributed by atoms with van der Waals surface area (Å²) in [4.78, 5) is 11.3. The lowest BCUT2D eigenvalue weighted by Crippen LogP contribution is -2.07. The average molecular weight is 214 g/mol. The molecule has 4 heteroatoms. The summed E-state index contributed by atoms with van der Waals surface area (Å²) in [5.41, 5.74) is 0.634. The fourth-order valence-electron chi connectivity index (χ4n) is 1.09. The number of aliphatic hydroxyl groups excluding tert-OH is 1. The number of hydrogen-bond donors (Lipinski definition) is 1. The van der Waals surface area contributed by atoms with Gasteiger partial charge in [-0.2, -0.15) is 0 Å². The standard InChI is InChI=1S/C11H18O4/c1-9(4-5-10-8-15-10)11(13)14-7-3-2-6-12/h4,10,12H,2-3,5-8H2,1H3. The summed E-state index contributed by atoms with van der Waals surface area (Å²) in [6.45, 7) is 3.07. The number of epoxide rings is 1. The summed E-state index contributed by atoms with van der Waals surface area (Å²) in [5, 5.41) is 8.53. The van der Waals surface area contributed by atoms with Gasteiger partial charge in [0.2, 0.25) is 0 Å². The maximum absolute atomic E-state index is 11.3. The van der Waals surface area contributed by atoms with Crippen molar-refractivity contribution >= 4 is 5.97 Å². The zero-order valence-corrected chi connectivity index (χ0v) is 9.07. The van der Waals surface area contributed by atoms with Crippen LogP contribution in [-0.4, -0.2) is 37.0 Å². The lowest BCUT2D eigenvalue weighted by molar-refractivity contribution is -0.139. The minimum atomic E-state index is -0.270. The van der Waals surface area contributed by atoms with Gasteiger partial charge in [-0.25, -0.2) is 4.79 Å². The summed E-state index contributed by atoms with van der Waals surface area (Å²) in [7, 11) is 0. The van der Waals surface area contributed by atoms with E-state index >= 15 is 0 Å². The van der Waals surface area contributed by atoms with E-state index in [9.17, 15) is 4.79 Å². The Morgan fingerprint density at radius 1 is 1.60 bits per heavy atom. The van der Waals surface area contributed by atoms with Gasteiger partial charge in [-0.05, 0) is 26.2 Å². The average Bonchev–Trinajstić information content (AvgIpc) is 3.04. The highest BCUT2D eigenvalue weighted by molar-refractivity contribution is 5.87. The van der Waals surface area contributed by atoms with Crippen molar-refractivity contribution in [2.75, 3.05) is 19.8 Å². The van der Waals surface area contributed by atoms with Gasteiger partial charge < -0.3 is 14.6 Å². The van der Waals surface area contributed by atoms with Crippen LogP contribution in [0, 0.1) is 0 Å². The van der Waals surface area contributed by atoms with Crippen molar-refractivity contribution in [2.24, 2.45) is 0 Å². The smallest absolute Gasteiger partial charge is 0.333 e. The maximum atomic E-state index is 11.3. The first-order valence-corrected chi connectivity index (χ1v) is 5.30. The summed E-state index contributed by atoms with van der Waals surface area (Å²) in [6.07, 6.45) is 4.33. The lowest BCUT2D eigenvalue weighted by Gasteiger charge is -2.03. The van der Waals surface area contributed by atoms with Crippen molar-refractivity contribution in [3.8, 4) is 0 Å². The van der Waals surface area contributed by atoms with Gasteiger partial charge in [0.15, 0.2) is 0 Å². The Hall–Kier alpha value is -0.870. The zero-order valence-electron chi connectivity index (χ0n) is 9.07. The molecule has 1 aliphatic rings. The molecular weight excluding hydrogens is 196 g/mol. The molecule has 0 radical (unpaired) electrons. The fourth-order valence-corrected chi connectivity index (χ4v) is 1.09. The Kier molecular flexibility index (Phi) is 5.36. The molecule has 1 atom stereocenters. The first-order valence-electron chi connectivity index (χ1n) is 5.30. The second-order valence-corrected chi connectivity index (χ2v) is 3.64. The van der Waals surface area contributed by atoms with Crippen LogP contribution in [0.15, 0.2) is 11.6 Å². The van der Waals surface area contributed by atoms with Crippen LogP contribution in [0.3, 0.4) is 0 Å². The van der Waals surface area contributed by atoms with Gasteiger partial charge in [-0.3, -0.25) is 0 Å². The van der Waals surface area contributed by atoms with E-state index in [0.29, 0.717) is 31.1 Å². The van der Waals surface area contributed by atoms with Crippen LogP contribution in [0.1, 0.15) is 26.2 Å². The monoisotopic (exact) mass is 214 g/mol. The molecule has 86 valence electrons. The molecule has 4 nitrogen and oxygen atoms in total. The van der Waals surface area contributed by atoms with Gasteiger partial charge >= 0.3 is 5.97 Å². The van der Waals surface area contributed by atoms with E-state index in [2.05, 4.69) is 0 Å². The van der Waals surface area contributed by atoms with Gasteiger partial charge in [0.1, 0.15) is 0 Å². The molecule has 0 saturated carbocycles. The van der Waals surface area contributed by atoms with Crippen LogP contribution in [0.5, 0.6) is 0 Å². The molecule has 1 unspecified atom stereocenters. The van der Waals surface area contributed by atoms with E-state index in [1.807, 2.05) is 6.08 Å². The van der Waals surface area contributed by atoms with Crippen LogP contribution < -0.4 is 0 Å². The Morgan fingerprint density at radius 3 is 2.93 bits per heavy atom. The van der Waals surface area contributed by atoms with E-state index < -0.39 is 0 Å². The van der Waals surface area contributed by atoms with Crippen LogP contribution >= 0.6 is 0 Å². The number of rotatable bonds is 7. The van der Waals surface area contributed by atoms with E-state index in [0.717, 1.165) is 13.0 Å². The van der Waals surface area contributed by atoms with Gasteiger partial charge in [0.25, 0.3) is 0 Å². The van der Waals surface area contributed by atoms with E-state index in [1.165, 1.54) is 0 Å². The van der Waals surface area contributed by atoms with E-state index in [4.69, 9.17) is 14.6 Å². The number of carbonyl (C=O) groups is 1. The molecule has 0 aromatic heterocycles. The number of unbranched alkanes of at least 4 members (excludes halogenated alkanes) is 1. The molecule has 1 heterocycles. The predicted molar refractivity (Wildman–Crippen MR) is 55.4 cm³/mol. The van der Waals surface area contributed by atoms with Crippen molar-refractivity contribution in [2.45, 2.75) is 32.3 Å². The summed E-state index contributed by atoms with van der Waals surface area (Å²) < 4.78 is 10.0. The molecule has 0 amide bonds. The Balaban J connectivity index is 2.10. The quantitative estimate of drug-likeness (QED) is 0.298. The molecule has 0 aromatic carbocycles. The fraction of sp³-hybridized carbons (Fsp3) is 0.727. The lowest BCUT2D eigenvalue weighted by atomic mass is 10.2. The number of carbonyl (C=O) groups excluding carboxylic acids is 1. The van der Waals surface area contributed by atoms with Gasteiger partial charge in [0, 0.05) is 12.2 Å². The highest BCUT2D eigenvalue weighted by Gasteiger charge is 2.21. The zero-order chi connectivity index (χ0) is 11.1. The number of ether oxygens (including phenoxy) is 2. The van der Waals surface area contributed by atoms with Crippen LogP contribution in [0.25, 0.3) is 0 Å². The minimum Gasteiger partial charge on any atom is -0.462 e. The first-order chi connectivity index (χ1) is 7.24. The van der Waals surface area contributed by atoms with Crippen molar-refractivity contribution in [1.82, 2.24) is 0 Å². The second-order valence-electron chi connectivity index (χ2n) is 3.64. The first kappa shape index (κ1) is 12.2. The van der Waals surface area contributed by atoms with Crippen molar-refractivity contribution in [3.63, 3.8) is 0 Å². The normalized spacial score (nSPS) is 20.1. The van der Waals surface area contributed by atoms with Gasteiger partial charge in [-0.15, -0.1) is 0 Å². The molecule has 15 heavy (non-hydrogen) atoms. The highest BCUT2D eigenvalue weighted by Crippen LogP contribution is 2.15. The molecule has 1 rings (SSSR count). The third kappa shape index (κ3) is 5.54. The molecule has 0 aliphatic carbocycles. The molecule has 0 spiro atoms. The van der Waals surface area contributed by atoms with Gasteiger partial charge in [0.05, 0.1) is 19.3 Å². The number of aliphatic hydroxyl groups is 1. The number of esters is 1. The summed E-state index contributed by atoms with van der Waals surface area (Å²) >= 11 is 0. The van der Waals surface area contributed by atoms with Crippen molar-refractivity contribution in [1.29, 1.82) is 0 Å². The topological polar surface area (TPSA) is 59.1 Å². The molecule has 1 saturated heterocycles. The summed E-state index contributed by atoms with van der Waals surface area (Å²) in [5.74, 6) is -0.270. The molecule has 1 fully saturated rings. The Morgan fingerprint density at radius 2 is 2.33 bits per heavy atom. The molecular formula is C11H18O4. The maximum Gasteiger partial charge on any atom is 0.333 e. The summed E-state index contributed by atoms with van der Waals surface area (Å²) in [6, 6.07) is 0. The third-order valence-corrected chi connectivity index (χ3v) is 2.20. The minimum absolute atomic E-state index is 0.144. The van der Waals surface area contributed by atoms with Gasteiger partial charge in [-0.1, -0.05) is 6.08 Å². The van der Waals surface area contributed by atoms with Crippen molar-refractivity contribution < 1.29 is 19.4 Å². The van der Waals surface area contributed by atoms with Crippen molar-refractivity contribution in [3.05, 3.63) is 11.6 Å². The van der Waals surface area contributed by atoms with Crippen LogP contribution in [0.4, 0.5) is 0 Å². The van der Waals surface area contributed by atoms with E-state index in [1.54, 1.807) is 6.92 Å². The molecule has 1 aliphatic heterocycles. The SMILES string of the molecule is CC(=CCC1CO1)C(=O)OCCCCO. The van der Waals surface area contributed by atoms with Crippen LogP contribution in [-0.2, 0) is 14.3 Å². The Labute approximate surface area is 89.9 Å². The largest absolute Gasteiger partial charge is 0.462 e. The molecule has 0 aromatic rings.